The van der Waals surface area contributed by atoms with Gasteiger partial charge in [0.15, 0.2) is 0 Å². The first kappa shape index (κ1) is 11.9. The molecule has 3 heterocycles. The van der Waals surface area contributed by atoms with E-state index in [1.54, 1.807) is 12.4 Å². The van der Waals surface area contributed by atoms with Crippen molar-refractivity contribution >= 4 is 21.6 Å². The maximum absolute atomic E-state index is 12.1. The third-order valence-electron chi connectivity index (χ3n) is 3.52. The fraction of sp³-hybridized carbons (Fsp3) is 0.538. The Balaban J connectivity index is 1.74. The summed E-state index contributed by atoms with van der Waals surface area (Å²) in [6.45, 7) is 4.15. The number of piperidine rings is 1. The van der Waals surface area contributed by atoms with Gasteiger partial charge < -0.3 is 4.90 Å². The Hall–Kier alpha value is -1.20. The lowest BCUT2D eigenvalue weighted by atomic mass is 10.1. The van der Waals surface area contributed by atoms with Gasteiger partial charge in [-0.3, -0.25) is 13.7 Å². The van der Waals surface area contributed by atoms with Gasteiger partial charge in [-0.05, 0) is 32.0 Å². The summed E-state index contributed by atoms with van der Waals surface area (Å²) in [5.41, 5.74) is 0.134. The standard InChI is InChI=1S/C13H17N3OS/c17-13-11-4-5-14-10-12(11)18-16(13)9-8-15-6-2-1-3-7-15/h4-5,10H,1-3,6-9H2. The highest BCUT2D eigenvalue weighted by Crippen LogP contribution is 2.15. The molecule has 0 unspecified atom stereocenters. The minimum absolute atomic E-state index is 0.134. The molecule has 1 fully saturated rings. The molecule has 96 valence electrons. The highest BCUT2D eigenvalue weighted by atomic mass is 32.1. The zero-order valence-electron chi connectivity index (χ0n) is 10.3. The van der Waals surface area contributed by atoms with E-state index in [9.17, 15) is 4.79 Å². The highest BCUT2D eigenvalue weighted by molar-refractivity contribution is 7.13. The molecule has 0 aromatic carbocycles. The monoisotopic (exact) mass is 263 g/mol. The van der Waals surface area contributed by atoms with Crippen LogP contribution in [0.25, 0.3) is 10.1 Å². The van der Waals surface area contributed by atoms with Gasteiger partial charge in [0.05, 0.1) is 10.1 Å². The Morgan fingerprint density at radius 1 is 1.22 bits per heavy atom. The lowest BCUT2D eigenvalue weighted by Crippen LogP contribution is -2.33. The molecule has 0 saturated carbocycles. The molecule has 1 aliphatic heterocycles. The van der Waals surface area contributed by atoms with Gasteiger partial charge >= 0.3 is 0 Å². The highest BCUT2D eigenvalue weighted by Gasteiger charge is 2.12. The summed E-state index contributed by atoms with van der Waals surface area (Å²) in [6, 6.07) is 1.81. The summed E-state index contributed by atoms with van der Waals surface area (Å²) in [4.78, 5) is 18.7. The number of likely N-dealkylation sites (tertiary alicyclic amines) is 1. The molecule has 0 aliphatic carbocycles. The van der Waals surface area contributed by atoms with E-state index in [0.717, 1.165) is 23.2 Å². The quantitative estimate of drug-likeness (QED) is 0.849. The molecule has 3 rings (SSSR count). The van der Waals surface area contributed by atoms with E-state index >= 15 is 0 Å². The van der Waals surface area contributed by atoms with Crippen LogP contribution >= 0.6 is 11.5 Å². The van der Waals surface area contributed by atoms with E-state index in [1.165, 1.54) is 43.9 Å². The predicted molar refractivity (Wildman–Crippen MR) is 74.2 cm³/mol. The first-order valence-electron chi connectivity index (χ1n) is 6.51. The van der Waals surface area contributed by atoms with Crippen molar-refractivity contribution < 1.29 is 0 Å². The van der Waals surface area contributed by atoms with E-state index in [-0.39, 0.29) is 5.56 Å². The van der Waals surface area contributed by atoms with Crippen LogP contribution in [0.4, 0.5) is 0 Å². The van der Waals surface area contributed by atoms with E-state index < -0.39 is 0 Å². The van der Waals surface area contributed by atoms with Crippen LogP contribution in [0.1, 0.15) is 19.3 Å². The molecule has 1 aliphatic rings. The Kier molecular flexibility index (Phi) is 3.43. The fourth-order valence-corrected chi connectivity index (χ4v) is 3.44. The van der Waals surface area contributed by atoms with E-state index in [0.29, 0.717) is 0 Å². The topological polar surface area (TPSA) is 38.1 Å². The fourth-order valence-electron chi connectivity index (χ4n) is 2.49. The largest absolute Gasteiger partial charge is 0.302 e. The van der Waals surface area contributed by atoms with Crippen LogP contribution in [0.5, 0.6) is 0 Å². The van der Waals surface area contributed by atoms with Gasteiger partial charge in [0.25, 0.3) is 5.56 Å². The molecule has 0 amide bonds. The number of nitrogens with zero attached hydrogens (tertiary/aromatic N) is 3. The van der Waals surface area contributed by atoms with Crippen LogP contribution in [-0.4, -0.2) is 33.5 Å². The molecule has 0 N–H and O–H groups in total. The van der Waals surface area contributed by atoms with Crippen molar-refractivity contribution in [1.29, 1.82) is 0 Å². The first-order chi connectivity index (χ1) is 8.84. The third kappa shape index (κ3) is 2.33. The van der Waals surface area contributed by atoms with Crippen molar-refractivity contribution in [3.63, 3.8) is 0 Å². The third-order valence-corrected chi connectivity index (χ3v) is 4.61. The Labute approximate surface area is 110 Å². The van der Waals surface area contributed by atoms with Crippen molar-refractivity contribution in [2.24, 2.45) is 0 Å². The van der Waals surface area contributed by atoms with Crippen LogP contribution in [0.2, 0.25) is 0 Å². The first-order valence-corrected chi connectivity index (χ1v) is 7.28. The summed E-state index contributed by atoms with van der Waals surface area (Å²) in [7, 11) is 0. The van der Waals surface area contributed by atoms with Gasteiger partial charge in [-0.2, -0.15) is 0 Å². The predicted octanol–water partition coefficient (Wildman–Crippen LogP) is 1.94. The van der Waals surface area contributed by atoms with Crippen LogP contribution in [0, 0.1) is 0 Å². The minimum atomic E-state index is 0.134. The van der Waals surface area contributed by atoms with Gasteiger partial charge in [0.2, 0.25) is 0 Å². The Bertz CT molecular complexity index is 583. The normalized spacial score (nSPS) is 17.3. The summed E-state index contributed by atoms with van der Waals surface area (Å²) in [5, 5.41) is 0.800. The molecule has 5 heteroatoms. The summed E-state index contributed by atoms with van der Waals surface area (Å²) >= 11 is 1.53. The van der Waals surface area contributed by atoms with Crippen molar-refractivity contribution in [1.82, 2.24) is 13.8 Å². The summed E-state index contributed by atoms with van der Waals surface area (Å²) in [6.07, 6.45) is 7.41. The number of rotatable bonds is 3. The number of fused-ring (bicyclic) bond motifs is 1. The lowest BCUT2D eigenvalue weighted by molar-refractivity contribution is 0.222. The SMILES string of the molecule is O=c1c2ccncc2sn1CCN1CCCCC1. The van der Waals surface area contributed by atoms with Gasteiger partial charge in [-0.15, -0.1) is 0 Å². The second kappa shape index (κ2) is 5.20. The van der Waals surface area contributed by atoms with Gasteiger partial charge in [0.1, 0.15) is 0 Å². The van der Waals surface area contributed by atoms with Gasteiger partial charge in [-0.1, -0.05) is 18.0 Å². The van der Waals surface area contributed by atoms with Gasteiger partial charge in [0, 0.05) is 25.5 Å². The number of pyridine rings is 1. The second-order valence-electron chi connectivity index (χ2n) is 4.77. The van der Waals surface area contributed by atoms with Crippen LogP contribution in [-0.2, 0) is 6.54 Å². The smallest absolute Gasteiger partial charge is 0.268 e. The number of hydrogen-bond donors (Lipinski definition) is 0. The molecule has 4 nitrogen and oxygen atoms in total. The van der Waals surface area contributed by atoms with Gasteiger partial charge in [-0.25, -0.2) is 0 Å². The Morgan fingerprint density at radius 2 is 2.06 bits per heavy atom. The molecule has 0 spiro atoms. The lowest BCUT2D eigenvalue weighted by Gasteiger charge is -2.26. The van der Waals surface area contributed by atoms with Crippen molar-refractivity contribution in [2.75, 3.05) is 19.6 Å². The molecule has 0 radical (unpaired) electrons. The van der Waals surface area contributed by atoms with Crippen LogP contribution < -0.4 is 5.56 Å². The second-order valence-corrected chi connectivity index (χ2v) is 5.84. The Morgan fingerprint density at radius 3 is 2.83 bits per heavy atom. The van der Waals surface area contributed by atoms with Crippen LogP contribution in [0.15, 0.2) is 23.3 Å². The van der Waals surface area contributed by atoms with E-state index in [2.05, 4.69) is 9.88 Å². The molecule has 2 aromatic heterocycles. The van der Waals surface area contributed by atoms with E-state index in [1.807, 2.05) is 10.0 Å². The average Bonchev–Trinajstić information content (AvgIpc) is 2.75. The van der Waals surface area contributed by atoms with Crippen molar-refractivity contribution in [2.45, 2.75) is 25.8 Å². The summed E-state index contributed by atoms with van der Waals surface area (Å²) < 4.78 is 2.85. The zero-order chi connectivity index (χ0) is 12.4. The molecular weight excluding hydrogens is 246 g/mol. The molecular formula is C13H17N3OS. The molecule has 2 aromatic rings. The van der Waals surface area contributed by atoms with E-state index in [4.69, 9.17) is 0 Å². The maximum atomic E-state index is 12.1. The molecule has 1 saturated heterocycles. The number of aromatic nitrogens is 2. The van der Waals surface area contributed by atoms with Crippen molar-refractivity contribution in [3.8, 4) is 0 Å². The maximum Gasteiger partial charge on any atom is 0.268 e. The zero-order valence-corrected chi connectivity index (χ0v) is 11.2. The molecule has 0 bridgehead atoms. The number of hydrogen-bond acceptors (Lipinski definition) is 4. The summed E-state index contributed by atoms with van der Waals surface area (Å²) in [5.74, 6) is 0. The van der Waals surface area contributed by atoms with Crippen molar-refractivity contribution in [3.05, 3.63) is 28.8 Å². The molecule has 0 atom stereocenters. The molecule has 18 heavy (non-hydrogen) atoms. The van der Waals surface area contributed by atoms with Crippen LogP contribution in [0.3, 0.4) is 0 Å². The minimum Gasteiger partial charge on any atom is -0.302 e. The average molecular weight is 263 g/mol.